The van der Waals surface area contributed by atoms with Crippen molar-refractivity contribution in [1.29, 1.82) is 0 Å². The molecule has 1 aliphatic rings. The van der Waals surface area contributed by atoms with E-state index in [0.717, 1.165) is 82.0 Å². The molecule has 182 valence electrons. The first-order valence-electron chi connectivity index (χ1n) is 12.7. The van der Waals surface area contributed by atoms with E-state index in [1.54, 1.807) is 0 Å². The number of aryl methyl sites for hydroxylation is 2. The minimum absolute atomic E-state index is 0.740. The van der Waals surface area contributed by atoms with Crippen LogP contribution in [0.5, 0.6) is 0 Å². The number of aromatic nitrogens is 2. The number of nitrogens with one attached hydrogen (secondary N) is 2. The van der Waals surface area contributed by atoms with E-state index in [1.165, 1.54) is 42.6 Å². The third-order valence-corrected chi connectivity index (χ3v) is 7.31. The quantitative estimate of drug-likeness (QED) is 0.224. The summed E-state index contributed by atoms with van der Waals surface area (Å²) < 4.78 is 0. The molecule has 6 heteroatoms. The Bertz CT molecular complexity index is 1350. The number of unbranched alkanes of at least 4 members (excludes halogenated alkanes) is 3. The third-order valence-electron chi connectivity index (χ3n) is 6.84. The molecule has 0 spiro atoms. The van der Waals surface area contributed by atoms with Crippen LogP contribution in [-0.2, 0) is 12.8 Å². The highest BCUT2D eigenvalue weighted by molar-refractivity contribution is 6.31. The normalized spacial score (nSPS) is 13.2. The van der Waals surface area contributed by atoms with Gasteiger partial charge in [-0.15, -0.1) is 0 Å². The summed E-state index contributed by atoms with van der Waals surface area (Å²) in [5.74, 6) is 0. The van der Waals surface area contributed by atoms with Crippen molar-refractivity contribution in [2.75, 3.05) is 23.7 Å². The molecule has 0 saturated heterocycles. The molecular formula is C29H32Cl2N4. The van der Waals surface area contributed by atoms with Crippen molar-refractivity contribution in [3.8, 4) is 0 Å². The second kappa shape index (κ2) is 11.0. The van der Waals surface area contributed by atoms with Gasteiger partial charge in [0.25, 0.3) is 0 Å². The van der Waals surface area contributed by atoms with Crippen molar-refractivity contribution >= 4 is 56.4 Å². The van der Waals surface area contributed by atoms with Gasteiger partial charge in [-0.25, -0.2) is 0 Å². The fraction of sp³-hybridized carbons (Fsp3) is 0.379. The Hall–Kier alpha value is -2.56. The van der Waals surface area contributed by atoms with Gasteiger partial charge in [-0.2, -0.15) is 0 Å². The van der Waals surface area contributed by atoms with Crippen molar-refractivity contribution in [1.82, 2.24) is 9.97 Å². The van der Waals surface area contributed by atoms with Gasteiger partial charge >= 0.3 is 0 Å². The molecule has 0 saturated carbocycles. The Morgan fingerprint density at radius 3 is 2.17 bits per heavy atom. The molecule has 2 heterocycles. The molecule has 0 bridgehead atoms. The summed E-state index contributed by atoms with van der Waals surface area (Å²) in [6, 6.07) is 14.0. The van der Waals surface area contributed by atoms with Crippen LogP contribution in [0.15, 0.2) is 42.5 Å². The van der Waals surface area contributed by atoms with Crippen LogP contribution in [0.25, 0.3) is 21.8 Å². The van der Waals surface area contributed by atoms with Crippen LogP contribution in [0, 0.1) is 6.92 Å². The number of nitrogens with zero attached hydrogens (tertiary/aromatic N) is 2. The highest BCUT2D eigenvalue weighted by Crippen LogP contribution is 2.34. The Kier molecular flexibility index (Phi) is 7.60. The molecule has 4 nitrogen and oxygen atoms in total. The molecule has 2 aromatic heterocycles. The van der Waals surface area contributed by atoms with Gasteiger partial charge in [0.2, 0.25) is 0 Å². The smallest absolute Gasteiger partial charge is 0.0727 e. The summed E-state index contributed by atoms with van der Waals surface area (Å²) in [6.07, 6.45) is 9.32. The maximum Gasteiger partial charge on any atom is 0.0727 e. The lowest BCUT2D eigenvalue weighted by Crippen LogP contribution is -2.12. The number of pyridine rings is 2. The van der Waals surface area contributed by atoms with Crippen molar-refractivity contribution < 1.29 is 0 Å². The number of hydrogen-bond donors (Lipinski definition) is 2. The fourth-order valence-corrected chi connectivity index (χ4v) is 5.46. The van der Waals surface area contributed by atoms with Crippen molar-refractivity contribution in [2.45, 2.75) is 58.3 Å². The van der Waals surface area contributed by atoms with Gasteiger partial charge in [0.05, 0.1) is 11.0 Å². The number of fused-ring (bicyclic) bond motifs is 3. The molecule has 2 aromatic carbocycles. The van der Waals surface area contributed by atoms with Gasteiger partial charge in [0.15, 0.2) is 0 Å². The lowest BCUT2D eigenvalue weighted by molar-refractivity contribution is 0.663. The van der Waals surface area contributed by atoms with Gasteiger partial charge in [-0.3, -0.25) is 9.97 Å². The number of benzene rings is 2. The lowest BCUT2D eigenvalue weighted by Gasteiger charge is -2.22. The van der Waals surface area contributed by atoms with Crippen LogP contribution in [0.3, 0.4) is 0 Å². The van der Waals surface area contributed by atoms with E-state index in [1.807, 2.05) is 37.3 Å². The second-order valence-electron chi connectivity index (χ2n) is 9.52. The van der Waals surface area contributed by atoms with E-state index < -0.39 is 0 Å². The number of rotatable bonds is 9. The average molecular weight is 508 g/mol. The monoisotopic (exact) mass is 506 g/mol. The Balaban J connectivity index is 1.13. The summed E-state index contributed by atoms with van der Waals surface area (Å²) in [7, 11) is 0. The average Bonchev–Trinajstić information content (AvgIpc) is 2.85. The van der Waals surface area contributed by atoms with Crippen LogP contribution >= 0.6 is 23.2 Å². The zero-order valence-electron chi connectivity index (χ0n) is 20.3. The minimum Gasteiger partial charge on any atom is -0.384 e. The highest BCUT2D eigenvalue weighted by atomic mass is 35.5. The molecule has 2 N–H and O–H groups in total. The van der Waals surface area contributed by atoms with E-state index >= 15 is 0 Å². The molecule has 35 heavy (non-hydrogen) atoms. The molecule has 0 aliphatic heterocycles. The first-order valence-corrected chi connectivity index (χ1v) is 13.5. The third kappa shape index (κ3) is 5.65. The zero-order valence-corrected chi connectivity index (χ0v) is 21.8. The van der Waals surface area contributed by atoms with Gasteiger partial charge in [0.1, 0.15) is 0 Å². The van der Waals surface area contributed by atoms with Crippen molar-refractivity contribution in [3.63, 3.8) is 0 Å². The molecule has 0 fully saturated rings. The first-order chi connectivity index (χ1) is 17.1. The maximum absolute atomic E-state index is 6.33. The standard InChI is InChI=1S/C29H32Cl2N4/c1-19-16-28(23-17-20(30)10-12-26(23)34-19)32-14-6-2-3-7-15-33-29-22-8-4-5-9-25(22)35-27-13-11-21(31)18-24(27)29/h10-13,16-18H,2-9,14-15H2,1H3,(H,32,34)(H,33,35). The van der Waals surface area contributed by atoms with E-state index in [0.29, 0.717) is 0 Å². The van der Waals surface area contributed by atoms with Gasteiger partial charge in [-0.1, -0.05) is 36.0 Å². The number of anilines is 2. The predicted molar refractivity (Wildman–Crippen MR) is 150 cm³/mol. The molecule has 5 rings (SSSR count). The van der Waals surface area contributed by atoms with Crippen LogP contribution in [-0.4, -0.2) is 23.1 Å². The molecule has 4 aromatic rings. The van der Waals surface area contributed by atoms with Crippen LogP contribution in [0.1, 0.15) is 55.5 Å². The van der Waals surface area contributed by atoms with E-state index in [-0.39, 0.29) is 0 Å². The van der Waals surface area contributed by atoms with E-state index in [2.05, 4.69) is 27.8 Å². The molecule has 0 unspecified atom stereocenters. The van der Waals surface area contributed by atoms with E-state index in [9.17, 15) is 0 Å². The van der Waals surface area contributed by atoms with Crippen molar-refractivity contribution in [3.05, 3.63) is 69.5 Å². The van der Waals surface area contributed by atoms with Gasteiger partial charge < -0.3 is 10.6 Å². The number of halogens is 2. The fourth-order valence-electron chi connectivity index (χ4n) is 5.11. The van der Waals surface area contributed by atoms with Crippen LogP contribution in [0.4, 0.5) is 11.4 Å². The van der Waals surface area contributed by atoms with Crippen LogP contribution < -0.4 is 10.6 Å². The predicted octanol–water partition coefficient (Wildman–Crippen LogP) is 8.36. The first kappa shape index (κ1) is 24.1. The molecule has 0 atom stereocenters. The molecule has 0 radical (unpaired) electrons. The summed E-state index contributed by atoms with van der Waals surface area (Å²) in [6.45, 7) is 3.95. The maximum atomic E-state index is 6.33. The summed E-state index contributed by atoms with van der Waals surface area (Å²) >= 11 is 12.5. The Morgan fingerprint density at radius 1 is 0.743 bits per heavy atom. The highest BCUT2D eigenvalue weighted by Gasteiger charge is 2.18. The second-order valence-corrected chi connectivity index (χ2v) is 10.4. The molecular weight excluding hydrogens is 475 g/mol. The van der Waals surface area contributed by atoms with Gasteiger partial charge in [0, 0.05) is 56.7 Å². The summed E-state index contributed by atoms with van der Waals surface area (Å²) in [5, 5.41) is 11.1. The van der Waals surface area contributed by atoms with Crippen molar-refractivity contribution in [2.24, 2.45) is 0 Å². The molecule has 1 aliphatic carbocycles. The zero-order chi connectivity index (χ0) is 24.2. The largest absolute Gasteiger partial charge is 0.384 e. The minimum atomic E-state index is 0.740. The van der Waals surface area contributed by atoms with E-state index in [4.69, 9.17) is 28.2 Å². The molecule has 0 amide bonds. The Labute approximate surface area is 217 Å². The van der Waals surface area contributed by atoms with Gasteiger partial charge in [-0.05, 0) is 93.5 Å². The topological polar surface area (TPSA) is 49.8 Å². The Morgan fingerprint density at radius 2 is 1.40 bits per heavy atom. The lowest BCUT2D eigenvalue weighted by atomic mass is 9.92. The summed E-state index contributed by atoms with van der Waals surface area (Å²) in [4.78, 5) is 9.55. The van der Waals surface area contributed by atoms with Crippen LogP contribution in [0.2, 0.25) is 10.0 Å². The summed E-state index contributed by atoms with van der Waals surface area (Å²) in [5.41, 5.74) is 8.08. The number of hydrogen-bond acceptors (Lipinski definition) is 4. The SMILES string of the molecule is Cc1cc(NCCCCCCNc2c3c(nc4ccc(Cl)cc24)CCCC3)c2cc(Cl)ccc2n1.